The molecule has 0 saturated carbocycles. The third-order valence-electron chi connectivity index (χ3n) is 3.23. The molecule has 2 heterocycles. The Bertz CT molecular complexity index is 514. The molecule has 20 heavy (non-hydrogen) atoms. The van der Waals surface area contributed by atoms with Crippen LogP contribution in [-0.2, 0) is 19.1 Å². The largest absolute Gasteiger partial charge is 0.468 e. The molecule has 1 aromatic rings. The van der Waals surface area contributed by atoms with E-state index in [-0.39, 0.29) is 18.4 Å². The van der Waals surface area contributed by atoms with E-state index in [2.05, 4.69) is 4.74 Å². The molecule has 1 aliphatic rings. The van der Waals surface area contributed by atoms with Crippen LogP contribution in [0.4, 0.5) is 0 Å². The maximum absolute atomic E-state index is 12.5. The number of hydrogen-bond donors (Lipinski definition) is 0. The molecule has 2 rings (SSSR count). The molecule has 0 aliphatic carbocycles. The van der Waals surface area contributed by atoms with Gasteiger partial charge in [-0.2, -0.15) is 0 Å². The van der Waals surface area contributed by atoms with Gasteiger partial charge in [0.25, 0.3) is 5.91 Å². The lowest BCUT2D eigenvalue weighted by atomic mass is 10.1. The molecule has 1 saturated heterocycles. The van der Waals surface area contributed by atoms with Crippen LogP contribution in [0.25, 0.3) is 0 Å². The van der Waals surface area contributed by atoms with E-state index in [0.717, 1.165) is 4.88 Å². The van der Waals surface area contributed by atoms with Gasteiger partial charge < -0.3 is 14.5 Å². The summed E-state index contributed by atoms with van der Waals surface area (Å²) in [6, 6.07) is 3.03. The number of methoxy groups -OCH3 is 1. The zero-order chi connectivity index (χ0) is 14.7. The third kappa shape index (κ3) is 2.82. The van der Waals surface area contributed by atoms with Gasteiger partial charge in [-0.25, -0.2) is 0 Å². The van der Waals surface area contributed by atoms with E-state index in [4.69, 9.17) is 0 Å². The topological polar surface area (TPSA) is 66.9 Å². The average Bonchev–Trinajstić information content (AvgIpc) is 2.93. The van der Waals surface area contributed by atoms with Crippen LogP contribution in [0.5, 0.6) is 0 Å². The number of nitrogens with zero attached hydrogens (tertiary/aromatic N) is 2. The number of carbonyl (C=O) groups excluding carboxylic acids is 3. The van der Waals surface area contributed by atoms with E-state index in [1.807, 2.05) is 17.5 Å². The normalized spacial score (nSPS) is 19.1. The molecule has 6 nitrogen and oxygen atoms in total. The van der Waals surface area contributed by atoms with Crippen molar-refractivity contribution in [2.24, 2.45) is 0 Å². The van der Waals surface area contributed by atoms with Crippen molar-refractivity contribution in [3.8, 4) is 0 Å². The molecule has 2 amide bonds. The van der Waals surface area contributed by atoms with Gasteiger partial charge in [0.1, 0.15) is 12.6 Å². The fourth-order valence-electron chi connectivity index (χ4n) is 2.21. The maximum atomic E-state index is 12.5. The number of hydrogen-bond acceptors (Lipinski definition) is 5. The fraction of sp³-hybridized carbons (Fsp3) is 0.462. The minimum atomic E-state index is -0.633. The van der Waals surface area contributed by atoms with Crippen molar-refractivity contribution in [1.82, 2.24) is 9.80 Å². The summed E-state index contributed by atoms with van der Waals surface area (Å²) in [6.45, 7) is 2.13. The minimum Gasteiger partial charge on any atom is -0.468 e. The third-order valence-corrected chi connectivity index (χ3v) is 4.16. The molecule has 1 atom stereocenters. The van der Waals surface area contributed by atoms with Gasteiger partial charge in [0.15, 0.2) is 0 Å². The SMILES string of the molecule is COC(=O)CN1CCN(C(C)=O)C(c2cccs2)C1=O. The zero-order valence-electron chi connectivity index (χ0n) is 11.4. The summed E-state index contributed by atoms with van der Waals surface area (Å²) >= 11 is 1.42. The molecule has 0 spiro atoms. The number of rotatable bonds is 3. The van der Waals surface area contributed by atoms with Gasteiger partial charge in [0, 0.05) is 24.9 Å². The highest BCUT2D eigenvalue weighted by Crippen LogP contribution is 2.29. The molecule has 7 heteroatoms. The van der Waals surface area contributed by atoms with Crippen molar-refractivity contribution in [3.05, 3.63) is 22.4 Å². The van der Waals surface area contributed by atoms with Gasteiger partial charge in [0.2, 0.25) is 5.91 Å². The maximum Gasteiger partial charge on any atom is 0.325 e. The summed E-state index contributed by atoms with van der Waals surface area (Å²) in [7, 11) is 1.29. The molecular weight excluding hydrogens is 280 g/mol. The van der Waals surface area contributed by atoms with Crippen LogP contribution in [-0.4, -0.2) is 54.3 Å². The molecule has 0 radical (unpaired) electrons. The van der Waals surface area contributed by atoms with Crippen molar-refractivity contribution in [1.29, 1.82) is 0 Å². The average molecular weight is 296 g/mol. The number of ether oxygens (including phenoxy) is 1. The second kappa shape index (κ2) is 6.04. The van der Waals surface area contributed by atoms with Crippen LogP contribution in [0.2, 0.25) is 0 Å². The molecule has 0 N–H and O–H groups in total. The first-order chi connectivity index (χ1) is 9.54. The molecule has 1 unspecified atom stereocenters. The highest BCUT2D eigenvalue weighted by atomic mass is 32.1. The number of piperazine rings is 1. The highest BCUT2D eigenvalue weighted by Gasteiger charge is 2.38. The Morgan fingerprint density at radius 2 is 2.20 bits per heavy atom. The van der Waals surface area contributed by atoms with E-state index >= 15 is 0 Å². The van der Waals surface area contributed by atoms with Gasteiger partial charge in [-0.05, 0) is 11.4 Å². The summed E-state index contributed by atoms with van der Waals surface area (Å²) in [5.74, 6) is -0.840. The molecule has 1 aliphatic heterocycles. The van der Waals surface area contributed by atoms with Crippen LogP contribution in [0.1, 0.15) is 17.8 Å². The predicted octanol–water partition coefficient (Wildman–Crippen LogP) is 0.653. The second-order valence-electron chi connectivity index (χ2n) is 4.47. The minimum absolute atomic E-state index is 0.0804. The monoisotopic (exact) mass is 296 g/mol. The number of amides is 2. The lowest BCUT2D eigenvalue weighted by Crippen LogP contribution is -2.54. The quantitative estimate of drug-likeness (QED) is 0.768. The number of esters is 1. The highest BCUT2D eigenvalue weighted by molar-refractivity contribution is 7.10. The molecule has 1 fully saturated rings. The summed E-state index contributed by atoms with van der Waals surface area (Å²) in [6.07, 6.45) is 0. The van der Waals surface area contributed by atoms with Crippen LogP contribution in [0, 0.1) is 0 Å². The Labute approximate surface area is 120 Å². The van der Waals surface area contributed by atoms with Crippen molar-refractivity contribution in [2.75, 3.05) is 26.7 Å². The lowest BCUT2D eigenvalue weighted by molar-refractivity contribution is -0.155. The van der Waals surface area contributed by atoms with Crippen molar-refractivity contribution >= 4 is 29.1 Å². The van der Waals surface area contributed by atoms with Crippen LogP contribution < -0.4 is 0 Å². The van der Waals surface area contributed by atoms with E-state index in [9.17, 15) is 14.4 Å². The Balaban J connectivity index is 2.24. The first-order valence-corrected chi connectivity index (χ1v) is 7.08. The standard InChI is InChI=1S/C13H16N2O4S/c1-9(16)15-6-5-14(8-11(17)19-2)13(18)12(15)10-4-3-7-20-10/h3-4,7,12H,5-6,8H2,1-2H3. The van der Waals surface area contributed by atoms with Gasteiger partial charge in [-0.1, -0.05) is 6.07 Å². The predicted molar refractivity (Wildman–Crippen MR) is 73.0 cm³/mol. The molecule has 0 bridgehead atoms. The summed E-state index contributed by atoms with van der Waals surface area (Å²) in [5, 5.41) is 1.86. The first kappa shape index (κ1) is 14.5. The van der Waals surface area contributed by atoms with Gasteiger partial charge in [-0.3, -0.25) is 14.4 Å². The molecular formula is C13H16N2O4S. The van der Waals surface area contributed by atoms with Crippen molar-refractivity contribution in [2.45, 2.75) is 13.0 Å². The first-order valence-electron chi connectivity index (χ1n) is 6.20. The van der Waals surface area contributed by atoms with Gasteiger partial charge in [0.05, 0.1) is 7.11 Å². The van der Waals surface area contributed by atoms with Crippen LogP contribution in [0.15, 0.2) is 17.5 Å². The second-order valence-corrected chi connectivity index (χ2v) is 5.45. The van der Waals surface area contributed by atoms with E-state index in [1.54, 1.807) is 4.90 Å². The fourth-order valence-corrected chi connectivity index (χ4v) is 3.04. The molecule has 108 valence electrons. The van der Waals surface area contributed by atoms with Gasteiger partial charge >= 0.3 is 5.97 Å². The van der Waals surface area contributed by atoms with Gasteiger partial charge in [-0.15, -0.1) is 11.3 Å². The van der Waals surface area contributed by atoms with E-state index < -0.39 is 12.0 Å². The van der Waals surface area contributed by atoms with E-state index in [1.165, 1.54) is 30.3 Å². The number of carbonyl (C=O) groups is 3. The Morgan fingerprint density at radius 1 is 1.45 bits per heavy atom. The van der Waals surface area contributed by atoms with Crippen molar-refractivity contribution in [3.63, 3.8) is 0 Å². The van der Waals surface area contributed by atoms with Crippen LogP contribution in [0.3, 0.4) is 0 Å². The Hall–Kier alpha value is -1.89. The molecule has 0 aromatic carbocycles. The summed E-state index contributed by atoms with van der Waals surface area (Å²) in [5.41, 5.74) is 0. The van der Waals surface area contributed by atoms with E-state index in [0.29, 0.717) is 13.1 Å². The molecule has 1 aromatic heterocycles. The summed E-state index contributed by atoms with van der Waals surface area (Å²) < 4.78 is 4.59. The summed E-state index contributed by atoms with van der Waals surface area (Å²) in [4.78, 5) is 39.4. The lowest BCUT2D eigenvalue weighted by Gasteiger charge is -2.39. The Morgan fingerprint density at radius 3 is 2.75 bits per heavy atom. The Kier molecular flexibility index (Phi) is 4.39. The smallest absolute Gasteiger partial charge is 0.325 e. The van der Waals surface area contributed by atoms with Crippen LogP contribution >= 0.6 is 11.3 Å². The number of thiophene rings is 1. The zero-order valence-corrected chi connectivity index (χ0v) is 12.2. The van der Waals surface area contributed by atoms with Crippen molar-refractivity contribution < 1.29 is 19.1 Å².